The van der Waals surface area contributed by atoms with E-state index < -0.39 is 6.10 Å². The van der Waals surface area contributed by atoms with E-state index in [0.717, 1.165) is 11.1 Å². The van der Waals surface area contributed by atoms with Crippen LogP contribution in [0.1, 0.15) is 21.5 Å². The van der Waals surface area contributed by atoms with Gasteiger partial charge in [-0.1, -0.05) is 29.8 Å². The average Bonchev–Trinajstić information content (AvgIpc) is 3.10. The molecule has 2 heterocycles. The van der Waals surface area contributed by atoms with Crippen LogP contribution >= 0.6 is 0 Å². The number of carbonyl (C=O) groups is 2. The molecule has 1 saturated heterocycles. The summed E-state index contributed by atoms with van der Waals surface area (Å²) in [4.78, 5) is 24.5. The molecule has 2 aromatic rings. The molecule has 0 unspecified atom stereocenters. The normalized spacial score (nSPS) is 17.1. The first-order valence-electron chi connectivity index (χ1n) is 8.01. The van der Waals surface area contributed by atoms with Crippen molar-refractivity contribution in [3.63, 3.8) is 0 Å². The Balaban J connectivity index is 1.59. The molecule has 25 heavy (non-hydrogen) atoms. The predicted molar refractivity (Wildman–Crippen MR) is 90.1 cm³/mol. The maximum Gasteiger partial charge on any atom is 0.257 e. The summed E-state index contributed by atoms with van der Waals surface area (Å²) in [5.74, 6) is -0.470. The maximum absolute atomic E-state index is 12.3. The number of aromatic amines is 1. The molecule has 1 aromatic carbocycles. The van der Waals surface area contributed by atoms with Crippen LogP contribution < -0.4 is 10.6 Å². The number of rotatable bonds is 5. The Morgan fingerprint density at radius 1 is 1.28 bits per heavy atom. The van der Waals surface area contributed by atoms with Crippen LogP contribution in [0.25, 0.3) is 0 Å². The highest BCUT2D eigenvalue weighted by Gasteiger charge is 2.25. The number of hydrogen-bond acceptors (Lipinski definition) is 5. The molecule has 8 heteroatoms. The summed E-state index contributed by atoms with van der Waals surface area (Å²) in [5.41, 5.74) is 2.40. The van der Waals surface area contributed by atoms with Crippen LogP contribution in [0.3, 0.4) is 0 Å². The third-order valence-corrected chi connectivity index (χ3v) is 3.81. The molecule has 3 rings (SSSR count). The highest BCUT2D eigenvalue weighted by Crippen LogP contribution is 2.13. The number of benzene rings is 1. The molecule has 1 aliphatic rings. The first kappa shape index (κ1) is 17.1. The molecule has 0 spiro atoms. The molecule has 0 radical (unpaired) electrons. The third kappa shape index (κ3) is 4.43. The number of anilines is 1. The fourth-order valence-corrected chi connectivity index (χ4v) is 2.38. The van der Waals surface area contributed by atoms with Gasteiger partial charge in [0.25, 0.3) is 11.8 Å². The number of H-pyrrole nitrogens is 1. The number of carbonyl (C=O) groups excluding carboxylic acids is 2. The Morgan fingerprint density at radius 2 is 2.08 bits per heavy atom. The van der Waals surface area contributed by atoms with Crippen LogP contribution in [0, 0.1) is 6.92 Å². The fraction of sp³-hybridized carbons (Fsp3) is 0.353. The first-order chi connectivity index (χ1) is 12.1. The molecule has 132 valence electrons. The zero-order chi connectivity index (χ0) is 17.6. The van der Waals surface area contributed by atoms with Crippen molar-refractivity contribution in [2.75, 3.05) is 25.1 Å². The minimum atomic E-state index is -0.694. The smallest absolute Gasteiger partial charge is 0.257 e. The lowest BCUT2D eigenvalue weighted by Crippen LogP contribution is -2.39. The summed E-state index contributed by atoms with van der Waals surface area (Å²) in [6, 6.07) is 7.87. The molecular weight excluding hydrogens is 324 g/mol. The molecule has 3 N–H and O–H groups in total. The summed E-state index contributed by atoms with van der Waals surface area (Å²) in [6.07, 6.45) is 0.679. The molecule has 0 bridgehead atoms. The van der Waals surface area contributed by atoms with Crippen LogP contribution in [0.4, 0.5) is 5.82 Å². The van der Waals surface area contributed by atoms with E-state index in [2.05, 4.69) is 20.8 Å². The Hall–Kier alpha value is -2.71. The molecule has 1 atom stereocenters. The lowest BCUT2D eigenvalue weighted by Gasteiger charge is -2.21. The van der Waals surface area contributed by atoms with E-state index >= 15 is 0 Å². The van der Waals surface area contributed by atoms with E-state index in [1.54, 1.807) is 0 Å². The number of nitrogens with zero attached hydrogens (tertiary/aromatic N) is 1. The molecule has 0 saturated carbocycles. The van der Waals surface area contributed by atoms with Crippen molar-refractivity contribution in [3.05, 3.63) is 47.2 Å². The minimum absolute atomic E-state index is 0.189. The molecular formula is C17H20N4O4. The Bertz CT molecular complexity index is 735. The van der Waals surface area contributed by atoms with E-state index in [-0.39, 0.29) is 29.8 Å². The number of ether oxygens (including phenoxy) is 2. The van der Waals surface area contributed by atoms with Gasteiger partial charge in [0.15, 0.2) is 6.10 Å². The zero-order valence-electron chi connectivity index (χ0n) is 13.9. The second kappa shape index (κ2) is 7.91. The van der Waals surface area contributed by atoms with Crippen molar-refractivity contribution in [2.45, 2.75) is 19.6 Å². The highest BCUT2D eigenvalue weighted by molar-refractivity contribution is 6.03. The van der Waals surface area contributed by atoms with Crippen molar-refractivity contribution in [1.82, 2.24) is 15.5 Å². The van der Waals surface area contributed by atoms with Crippen molar-refractivity contribution in [2.24, 2.45) is 0 Å². The standard InChI is InChI=1S/C17H20N4O4/c1-11-2-4-12(5-3-11)8-18-16(22)13-9-19-21-15(13)20-17(23)14-10-24-6-7-25-14/h2-5,9,14H,6-8,10H2,1H3,(H,18,22)(H2,19,20,21,23)/t14-/m0/s1. The quantitative estimate of drug-likeness (QED) is 0.750. The summed E-state index contributed by atoms with van der Waals surface area (Å²) in [5, 5.41) is 11.9. The highest BCUT2D eigenvalue weighted by atomic mass is 16.6. The van der Waals surface area contributed by atoms with E-state index in [0.29, 0.717) is 19.8 Å². The second-order valence-corrected chi connectivity index (χ2v) is 5.75. The van der Waals surface area contributed by atoms with Crippen molar-refractivity contribution >= 4 is 17.6 Å². The Kier molecular flexibility index (Phi) is 5.42. The molecule has 8 nitrogen and oxygen atoms in total. The van der Waals surface area contributed by atoms with Gasteiger partial charge in [0.2, 0.25) is 0 Å². The summed E-state index contributed by atoms with van der Waals surface area (Å²) >= 11 is 0. The minimum Gasteiger partial charge on any atom is -0.376 e. The van der Waals surface area contributed by atoms with E-state index in [1.807, 2.05) is 31.2 Å². The van der Waals surface area contributed by atoms with Crippen molar-refractivity contribution < 1.29 is 19.1 Å². The molecule has 1 fully saturated rings. The van der Waals surface area contributed by atoms with Gasteiger partial charge in [-0.15, -0.1) is 0 Å². The van der Waals surface area contributed by atoms with Crippen LogP contribution in [0.5, 0.6) is 0 Å². The van der Waals surface area contributed by atoms with Crippen molar-refractivity contribution in [1.29, 1.82) is 0 Å². The lowest BCUT2D eigenvalue weighted by atomic mass is 10.1. The largest absolute Gasteiger partial charge is 0.376 e. The van der Waals surface area contributed by atoms with Gasteiger partial charge in [-0.2, -0.15) is 5.10 Å². The Labute approximate surface area is 144 Å². The molecule has 1 aromatic heterocycles. The van der Waals surface area contributed by atoms with E-state index in [1.165, 1.54) is 6.20 Å². The maximum atomic E-state index is 12.3. The Morgan fingerprint density at radius 3 is 2.80 bits per heavy atom. The van der Waals surface area contributed by atoms with E-state index in [9.17, 15) is 9.59 Å². The summed E-state index contributed by atoms with van der Waals surface area (Å²) in [7, 11) is 0. The van der Waals surface area contributed by atoms with Gasteiger partial charge < -0.3 is 20.1 Å². The predicted octanol–water partition coefficient (Wildman–Crippen LogP) is 1.00. The van der Waals surface area contributed by atoms with Gasteiger partial charge in [-0.25, -0.2) is 0 Å². The van der Waals surface area contributed by atoms with Gasteiger partial charge in [0, 0.05) is 6.54 Å². The number of aryl methyl sites for hydroxylation is 1. The first-order valence-corrected chi connectivity index (χ1v) is 8.01. The average molecular weight is 344 g/mol. The van der Waals surface area contributed by atoms with Gasteiger partial charge in [-0.05, 0) is 12.5 Å². The third-order valence-electron chi connectivity index (χ3n) is 3.81. The van der Waals surface area contributed by atoms with Gasteiger partial charge >= 0.3 is 0 Å². The van der Waals surface area contributed by atoms with Gasteiger partial charge in [-0.3, -0.25) is 14.7 Å². The monoisotopic (exact) mass is 344 g/mol. The van der Waals surface area contributed by atoms with Crippen LogP contribution in [-0.2, 0) is 20.8 Å². The van der Waals surface area contributed by atoms with Crippen LogP contribution in [0.2, 0.25) is 0 Å². The zero-order valence-corrected chi connectivity index (χ0v) is 13.9. The number of hydrogen-bond donors (Lipinski definition) is 3. The summed E-state index contributed by atoms with van der Waals surface area (Å²) in [6.45, 7) is 3.42. The number of nitrogens with one attached hydrogen (secondary N) is 3. The molecule has 2 amide bonds. The topological polar surface area (TPSA) is 105 Å². The van der Waals surface area contributed by atoms with Crippen molar-refractivity contribution in [3.8, 4) is 0 Å². The molecule has 0 aliphatic carbocycles. The van der Waals surface area contributed by atoms with Gasteiger partial charge in [0.05, 0.1) is 26.0 Å². The fourth-order valence-electron chi connectivity index (χ4n) is 2.38. The second-order valence-electron chi connectivity index (χ2n) is 5.75. The number of amides is 2. The van der Waals surface area contributed by atoms with Crippen LogP contribution in [-0.4, -0.2) is 47.9 Å². The summed E-state index contributed by atoms with van der Waals surface area (Å²) < 4.78 is 10.5. The SMILES string of the molecule is Cc1ccc(CNC(=O)c2cn[nH]c2NC(=O)[C@@H]2COCCO2)cc1. The molecule has 1 aliphatic heterocycles. The lowest BCUT2D eigenvalue weighted by molar-refractivity contribution is -0.142. The number of aromatic nitrogens is 2. The van der Waals surface area contributed by atoms with Gasteiger partial charge in [0.1, 0.15) is 11.4 Å². The van der Waals surface area contributed by atoms with Crippen LogP contribution in [0.15, 0.2) is 30.5 Å². The van der Waals surface area contributed by atoms with E-state index in [4.69, 9.17) is 9.47 Å².